The van der Waals surface area contributed by atoms with Gasteiger partial charge in [0, 0.05) is 5.56 Å². The summed E-state index contributed by atoms with van der Waals surface area (Å²) in [6.07, 6.45) is 1.99. The van der Waals surface area contributed by atoms with E-state index in [4.69, 9.17) is 5.73 Å². The van der Waals surface area contributed by atoms with Gasteiger partial charge in [-0.15, -0.1) is 0 Å². The molecule has 14 heavy (non-hydrogen) atoms. The average Bonchev–Trinajstić information content (AvgIpc) is 2.21. The lowest BCUT2D eigenvalue weighted by molar-refractivity contribution is -0.105. The van der Waals surface area contributed by atoms with Crippen LogP contribution in [0, 0.1) is 0 Å². The van der Waals surface area contributed by atoms with Gasteiger partial charge in [-0.1, -0.05) is 6.07 Å². The van der Waals surface area contributed by atoms with E-state index in [0.29, 0.717) is 30.5 Å². The normalized spacial score (nSPS) is 9.50. The van der Waals surface area contributed by atoms with Crippen LogP contribution in [0.4, 0.5) is 5.69 Å². The highest BCUT2D eigenvalue weighted by molar-refractivity contribution is 5.88. The van der Waals surface area contributed by atoms with Crippen molar-refractivity contribution in [2.75, 3.05) is 11.9 Å². The Morgan fingerprint density at radius 2 is 2.14 bits per heavy atom. The van der Waals surface area contributed by atoms with Crippen LogP contribution in [0.1, 0.15) is 15.9 Å². The first-order valence-corrected chi connectivity index (χ1v) is 4.30. The maximum atomic E-state index is 10.7. The van der Waals surface area contributed by atoms with E-state index >= 15 is 0 Å². The first-order valence-electron chi connectivity index (χ1n) is 4.30. The summed E-state index contributed by atoms with van der Waals surface area (Å²) in [5.41, 5.74) is 7.38. The fourth-order valence-corrected chi connectivity index (χ4v) is 1.23. The summed E-state index contributed by atoms with van der Waals surface area (Å²) in [4.78, 5) is 20.9. The van der Waals surface area contributed by atoms with Crippen molar-refractivity contribution in [3.8, 4) is 0 Å². The van der Waals surface area contributed by atoms with Crippen LogP contribution < -0.4 is 11.1 Å². The van der Waals surface area contributed by atoms with Crippen molar-refractivity contribution >= 4 is 18.4 Å². The molecule has 0 spiro atoms. The van der Waals surface area contributed by atoms with Crippen LogP contribution in [0.5, 0.6) is 0 Å². The van der Waals surface area contributed by atoms with E-state index in [0.717, 1.165) is 12.0 Å². The maximum Gasteiger partial charge on any atom is 0.211 e. The Balaban J connectivity index is 2.98. The van der Waals surface area contributed by atoms with E-state index in [9.17, 15) is 9.59 Å². The Morgan fingerprint density at radius 1 is 1.36 bits per heavy atom. The minimum Gasteiger partial charge on any atom is -0.330 e. The molecule has 0 aliphatic carbocycles. The quantitative estimate of drug-likeness (QED) is 0.670. The molecule has 0 heterocycles. The lowest BCUT2D eigenvalue weighted by Crippen LogP contribution is -2.04. The minimum absolute atomic E-state index is 0.475. The molecule has 1 aromatic carbocycles. The Labute approximate surface area is 82.1 Å². The van der Waals surface area contributed by atoms with Crippen molar-refractivity contribution in [1.29, 1.82) is 0 Å². The molecule has 4 heteroatoms. The highest BCUT2D eigenvalue weighted by Crippen LogP contribution is 2.15. The van der Waals surface area contributed by atoms with Crippen molar-refractivity contribution in [3.63, 3.8) is 0 Å². The third kappa shape index (κ3) is 2.40. The van der Waals surface area contributed by atoms with E-state index in [1.165, 1.54) is 0 Å². The number of nitrogens with two attached hydrogens (primary N) is 1. The predicted molar refractivity (Wildman–Crippen MR) is 54.3 cm³/mol. The van der Waals surface area contributed by atoms with Crippen LogP contribution in [0.2, 0.25) is 0 Å². The zero-order valence-electron chi connectivity index (χ0n) is 7.69. The van der Waals surface area contributed by atoms with Gasteiger partial charge in [0.05, 0.1) is 5.69 Å². The highest BCUT2D eigenvalue weighted by Gasteiger charge is 2.01. The number of rotatable bonds is 5. The summed E-state index contributed by atoms with van der Waals surface area (Å²) in [7, 11) is 0. The summed E-state index contributed by atoms with van der Waals surface area (Å²) in [6.45, 7) is 0.540. The van der Waals surface area contributed by atoms with Crippen LogP contribution in [-0.4, -0.2) is 19.2 Å². The number of aldehydes is 1. The summed E-state index contributed by atoms with van der Waals surface area (Å²) in [5.74, 6) is 0. The molecule has 74 valence electrons. The van der Waals surface area contributed by atoms with Crippen LogP contribution in [0.25, 0.3) is 0 Å². The maximum absolute atomic E-state index is 10.7. The first-order chi connectivity index (χ1) is 6.81. The SMILES string of the molecule is NCCc1ccc(NC=O)c(C=O)c1. The van der Waals surface area contributed by atoms with Crippen molar-refractivity contribution < 1.29 is 9.59 Å². The molecule has 0 atom stereocenters. The topological polar surface area (TPSA) is 72.2 Å². The third-order valence-corrected chi connectivity index (χ3v) is 1.89. The number of benzene rings is 1. The number of amides is 1. The number of nitrogens with one attached hydrogen (secondary N) is 1. The Morgan fingerprint density at radius 3 is 2.71 bits per heavy atom. The number of carbonyl (C=O) groups excluding carboxylic acids is 2. The van der Waals surface area contributed by atoms with E-state index in [1.54, 1.807) is 12.1 Å². The second-order valence-electron chi connectivity index (χ2n) is 2.84. The highest BCUT2D eigenvalue weighted by atomic mass is 16.1. The van der Waals surface area contributed by atoms with Gasteiger partial charge in [0.2, 0.25) is 6.41 Å². The lowest BCUT2D eigenvalue weighted by atomic mass is 10.1. The van der Waals surface area contributed by atoms with Gasteiger partial charge in [-0.05, 0) is 30.7 Å². The molecule has 0 unspecified atom stereocenters. The monoisotopic (exact) mass is 192 g/mol. The molecule has 0 aliphatic rings. The molecular formula is C10H12N2O2. The number of hydrogen-bond acceptors (Lipinski definition) is 3. The summed E-state index contributed by atoms with van der Waals surface area (Å²) >= 11 is 0. The van der Waals surface area contributed by atoms with E-state index in [-0.39, 0.29) is 0 Å². The molecule has 0 saturated carbocycles. The Hall–Kier alpha value is -1.68. The molecule has 3 N–H and O–H groups in total. The molecule has 0 aromatic heterocycles. The minimum atomic E-state index is 0.475. The van der Waals surface area contributed by atoms with Crippen LogP contribution >= 0.6 is 0 Å². The van der Waals surface area contributed by atoms with Gasteiger partial charge < -0.3 is 11.1 Å². The molecule has 0 bridgehead atoms. The fourth-order valence-electron chi connectivity index (χ4n) is 1.23. The van der Waals surface area contributed by atoms with Crippen LogP contribution in [0.15, 0.2) is 18.2 Å². The van der Waals surface area contributed by atoms with Crippen molar-refractivity contribution in [3.05, 3.63) is 29.3 Å². The standard InChI is InChI=1S/C10H12N2O2/c11-4-3-8-1-2-10(12-7-14)9(5-8)6-13/h1-2,5-7H,3-4,11H2,(H,12,14). The number of carbonyl (C=O) groups is 2. The van der Waals surface area contributed by atoms with Gasteiger partial charge in [-0.2, -0.15) is 0 Å². The summed E-state index contributed by atoms with van der Waals surface area (Å²) in [5, 5.41) is 2.45. The second kappa shape index (κ2) is 5.14. The smallest absolute Gasteiger partial charge is 0.211 e. The molecule has 0 radical (unpaired) electrons. The first kappa shape index (κ1) is 10.4. The summed E-state index contributed by atoms with van der Waals surface area (Å²) in [6, 6.07) is 5.26. The number of anilines is 1. The fraction of sp³-hybridized carbons (Fsp3) is 0.200. The van der Waals surface area contributed by atoms with Gasteiger partial charge in [0.1, 0.15) is 0 Å². The van der Waals surface area contributed by atoms with Crippen molar-refractivity contribution in [1.82, 2.24) is 0 Å². The predicted octanol–water partition coefficient (Wildman–Crippen LogP) is 0.569. The molecule has 0 aliphatic heterocycles. The Bertz CT molecular complexity index is 337. The van der Waals surface area contributed by atoms with Gasteiger partial charge in [0.25, 0.3) is 0 Å². The largest absolute Gasteiger partial charge is 0.330 e. The zero-order valence-corrected chi connectivity index (χ0v) is 7.69. The van der Waals surface area contributed by atoms with Crippen LogP contribution in [-0.2, 0) is 11.2 Å². The third-order valence-electron chi connectivity index (χ3n) is 1.89. The number of hydrogen-bond donors (Lipinski definition) is 2. The lowest BCUT2D eigenvalue weighted by Gasteiger charge is -2.05. The average molecular weight is 192 g/mol. The van der Waals surface area contributed by atoms with E-state index < -0.39 is 0 Å². The molecule has 4 nitrogen and oxygen atoms in total. The molecular weight excluding hydrogens is 180 g/mol. The summed E-state index contributed by atoms with van der Waals surface area (Å²) < 4.78 is 0. The molecule has 0 saturated heterocycles. The molecule has 0 fully saturated rings. The van der Waals surface area contributed by atoms with Crippen molar-refractivity contribution in [2.24, 2.45) is 5.73 Å². The van der Waals surface area contributed by atoms with E-state index in [1.807, 2.05) is 6.07 Å². The molecule has 1 aromatic rings. The van der Waals surface area contributed by atoms with Gasteiger partial charge in [0.15, 0.2) is 6.29 Å². The van der Waals surface area contributed by atoms with Crippen molar-refractivity contribution in [2.45, 2.75) is 6.42 Å². The molecule has 1 rings (SSSR count). The van der Waals surface area contributed by atoms with Gasteiger partial charge >= 0.3 is 0 Å². The van der Waals surface area contributed by atoms with Gasteiger partial charge in [-0.3, -0.25) is 9.59 Å². The second-order valence-corrected chi connectivity index (χ2v) is 2.84. The van der Waals surface area contributed by atoms with E-state index in [2.05, 4.69) is 5.32 Å². The Kier molecular flexibility index (Phi) is 3.82. The zero-order chi connectivity index (χ0) is 10.4. The van der Waals surface area contributed by atoms with Gasteiger partial charge in [-0.25, -0.2) is 0 Å². The molecule has 1 amide bonds. The van der Waals surface area contributed by atoms with Crippen LogP contribution in [0.3, 0.4) is 0 Å².